The molecule has 0 amide bonds. The molecule has 1 aliphatic heterocycles. The Labute approximate surface area is 123 Å². The van der Waals surface area contributed by atoms with Crippen molar-refractivity contribution in [1.29, 1.82) is 0 Å². The van der Waals surface area contributed by atoms with Crippen LogP contribution < -0.4 is 5.84 Å². The number of pyridine rings is 1. The number of benzene rings is 1. The number of aromatic nitrogens is 1. The van der Waals surface area contributed by atoms with Crippen LogP contribution in [0.5, 0.6) is 0 Å². The first-order valence-electron chi connectivity index (χ1n) is 6.43. The molecule has 1 aromatic heterocycles. The molecule has 0 bridgehead atoms. The molecule has 1 aromatic carbocycles. The topological polar surface area (TPSA) is 88.7 Å². The first-order chi connectivity index (χ1) is 10.1. The number of hydrazine groups is 1. The third-order valence-corrected chi connectivity index (χ3v) is 4.60. The van der Waals surface area contributed by atoms with E-state index < -0.39 is 10.0 Å². The van der Waals surface area contributed by atoms with Crippen molar-refractivity contribution in [3.05, 3.63) is 59.9 Å². The van der Waals surface area contributed by atoms with E-state index in [1.807, 2.05) is 12.1 Å². The minimum Gasteiger partial charge on any atom is -0.293 e. The van der Waals surface area contributed by atoms with E-state index in [0.29, 0.717) is 24.4 Å². The summed E-state index contributed by atoms with van der Waals surface area (Å²) in [5.41, 5.74) is 1.63. The van der Waals surface area contributed by atoms with Gasteiger partial charge >= 0.3 is 0 Å². The van der Waals surface area contributed by atoms with Crippen LogP contribution >= 0.6 is 0 Å². The second-order valence-electron chi connectivity index (χ2n) is 4.68. The predicted molar refractivity (Wildman–Crippen MR) is 79.0 cm³/mol. The lowest BCUT2D eigenvalue weighted by Crippen LogP contribution is -2.38. The van der Waals surface area contributed by atoms with Gasteiger partial charge in [0.2, 0.25) is 0 Å². The van der Waals surface area contributed by atoms with Crippen LogP contribution in [-0.2, 0) is 16.4 Å². The van der Waals surface area contributed by atoms with Crippen molar-refractivity contribution in [2.75, 3.05) is 6.54 Å². The fourth-order valence-electron chi connectivity index (χ4n) is 2.20. The highest BCUT2D eigenvalue weighted by Crippen LogP contribution is 2.26. The maximum absolute atomic E-state index is 12.0. The van der Waals surface area contributed by atoms with Crippen molar-refractivity contribution in [2.24, 2.45) is 10.2 Å². The highest BCUT2D eigenvalue weighted by Gasteiger charge is 2.30. The summed E-state index contributed by atoms with van der Waals surface area (Å²) < 4.78 is 27.7. The van der Waals surface area contributed by atoms with Gasteiger partial charge in [0.25, 0.3) is 10.0 Å². The Kier molecular flexibility index (Phi) is 3.44. The average Bonchev–Trinajstić information content (AvgIpc) is 2.78. The van der Waals surface area contributed by atoms with Crippen molar-refractivity contribution >= 4 is 15.9 Å². The van der Waals surface area contributed by atoms with Gasteiger partial charge in [-0.05, 0) is 36.2 Å². The molecule has 2 heterocycles. The number of nitrogens with zero attached hydrogens (tertiary/aromatic N) is 3. The third-order valence-electron chi connectivity index (χ3n) is 3.28. The number of fused-ring (bicyclic) bond motifs is 1. The van der Waals surface area contributed by atoms with E-state index in [2.05, 4.69) is 9.38 Å². The first kappa shape index (κ1) is 13.7. The summed E-state index contributed by atoms with van der Waals surface area (Å²) in [4.78, 5) is 4.16. The van der Waals surface area contributed by atoms with Crippen LogP contribution in [-0.4, -0.2) is 30.8 Å². The van der Waals surface area contributed by atoms with Gasteiger partial charge in [0.05, 0.1) is 0 Å². The third kappa shape index (κ3) is 2.65. The lowest BCUT2D eigenvalue weighted by Gasteiger charge is -2.18. The molecule has 0 radical (unpaired) electrons. The number of rotatable bonds is 3. The van der Waals surface area contributed by atoms with Crippen LogP contribution in [0.3, 0.4) is 0 Å². The van der Waals surface area contributed by atoms with E-state index in [9.17, 15) is 8.42 Å². The monoisotopic (exact) mass is 302 g/mol. The molecule has 0 saturated carbocycles. The van der Waals surface area contributed by atoms with Crippen LogP contribution in [0.25, 0.3) is 0 Å². The minimum absolute atomic E-state index is 0.208. The van der Waals surface area contributed by atoms with E-state index in [1.165, 1.54) is 11.1 Å². The summed E-state index contributed by atoms with van der Waals surface area (Å²) in [6.45, 7) is 0.465. The van der Waals surface area contributed by atoms with Crippen molar-refractivity contribution < 1.29 is 8.42 Å². The Morgan fingerprint density at radius 1 is 1.10 bits per heavy atom. The van der Waals surface area contributed by atoms with Gasteiger partial charge in [-0.3, -0.25) is 9.99 Å². The van der Waals surface area contributed by atoms with Gasteiger partial charge in [0.1, 0.15) is 4.90 Å². The number of nitrogens with two attached hydrogens (primary N) is 1. The fourth-order valence-corrected chi connectivity index (χ4v) is 3.42. The lowest BCUT2D eigenvalue weighted by molar-refractivity contribution is 0.445. The molecule has 0 aliphatic carbocycles. The van der Waals surface area contributed by atoms with Gasteiger partial charge in [-0.25, -0.2) is 5.84 Å². The van der Waals surface area contributed by atoms with Crippen molar-refractivity contribution in [1.82, 2.24) is 9.99 Å². The van der Waals surface area contributed by atoms with Gasteiger partial charge in [-0.1, -0.05) is 12.1 Å². The smallest absolute Gasteiger partial charge is 0.285 e. The largest absolute Gasteiger partial charge is 0.293 e. The fraction of sp³-hybridized carbons (Fsp3) is 0.143. The minimum atomic E-state index is -3.63. The molecule has 6 nitrogen and oxygen atoms in total. The van der Waals surface area contributed by atoms with Crippen LogP contribution in [0.4, 0.5) is 0 Å². The zero-order valence-electron chi connectivity index (χ0n) is 11.2. The number of amidine groups is 1. The quantitative estimate of drug-likeness (QED) is 0.673. The average molecular weight is 302 g/mol. The zero-order chi connectivity index (χ0) is 14.9. The zero-order valence-corrected chi connectivity index (χ0v) is 12.0. The molecule has 0 atom stereocenters. The van der Waals surface area contributed by atoms with E-state index in [-0.39, 0.29) is 4.90 Å². The Hall–Kier alpha value is -2.25. The van der Waals surface area contributed by atoms with E-state index in [1.54, 1.807) is 30.6 Å². The number of hydrogen-bond donors (Lipinski definition) is 1. The summed E-state index contributed by atoms with van der Waals surface area (Å²) in [6.07, 6.45) is 4.10. The Bertz CT molecular complexity index is 788. The van der Waals surface area contributed by atoms with E-state index in [0.717, 1.165) is 5.56 Å². The molecular formula is C14H14N4O2S. The van der Waals surface area contributed by atoms with Crippen LogP contribution in [0.2, 0.25) is 0 Å². The molecule has 2 N–H and O–H groups in total. The SMILES string of the molecule is NN(CCc1ccncc1)C1=NS(=O)(=O)c2ccccc21. The maximum atomic E-state index is 12.0. The Balaban J connectivity index is 1.81. The van der Waals surface area contributed by atoms with Gasteiger partial charge < -0.3 is 0 Å². The number of sulfonamides is 1. The lowest BCUT2D eigenvalue weighted by atomic mass is 10.1. The second kappa shape index (κ2) is 5.27. The van der Waals surface area contributed by atoms with Crippen LogP contribution in [0, 0.1) is 0 Å². The molecule has 0 fully saturated rings. The van der Waals surface area contributed by atoms with Gasteiger partial charge in [0.15, 0.2) is 5.84 Å². The van der Waals surface area contributed by atoms with Crippen molar-refractivity contribution in [3.8, 4) is 0 Å². The molecule has 108 valence electrons. The normalized spacial score (nSPS) is 15.4. The molecule has 1 aliphatic rings. The highest BCUT2D eigenvalue weighted by molar-refractivity contribution is 7.90. The number of hydrogen-bond acceptors (Lipinski definition) is 5. The van der Waals surface area contributed by atoms with Crippen molar-refractivity contribution in [2.45, 2.75) is 11.3 Å². The highest BCUT2D eigenvalue weighted by atomic mass is 32.2. The Morgan fingerprint density at radius 3 is 2.57 bits per heavy atom. The van der Waals surface area contributed by atoms with Gasteiger partial charge in [-0.2, -0.15) is 8.42 Å². The van der Waals surface area contributed by atoms with E-state index in [4.69, 9.17) is 5.84 Å². The van der Waals surface area contributed by atoms with Crippen molar-refractivity contribution in [3.63, 3.8) is 0 Å². The van der Waals surface area contributed by atoms with Gasteiger partial charge in [0, 0.05) is 24.5 Å². The summed E-state index contributed by atoms with van der Waals surface area (Å²) in [7, 11) is -3.63. The molecule has 0 unspecified atom stereocenters. The second-order valence-corrected chi connectivity index (χ2v) is 6.26. The first-order valence-corrected chi connectivity index (χ1v) is 7.87. The standard InChI is InChI=1S/C14H14N4O2S/c15-18(10-7-11-5-8-16-9-6-11)14-12-3-1-2-4-13(12)21(19,20)17-14/h1-6,8-9H,7,10,15H2. The molecule has 0 spiro atoms. The van der Waals surface area contributed by atoms with Crippen LogP contribution in [0.15, 0.2) is 58.1 Å². The molecule has 21 heavy (non-hydrogen) atoms. The molecule has 7 heteroatoms. The predicted octanol–water partition coefficient (Wildman–Crippen LogP) is 0.949. The summed E-state index contributed by atoms with van der Waals surface area (Å²) >= 11 is 0. The molecule has 0 saturated heterocycles. The molecular weight excluding hydrogens is 288 g/mol. The van der Waals surface area contributed by atoms with Crippen LogP contribution in [0.1, 0.15) is 11.1 Å². The van der Waals surface area contributed by atoms with Gasteiger partial charge in [-0.15, -0.1) is 4.40 Å². The maximum Gasteiger partial charge on any atom is 0.285 e. The summed E-state index contributed by atoms with van der Waals surface area (Å²) in [5.74, 6) is 6.28. The Morgan fingerprint density at radius 2 is 1.81 bits per heavy atom. The molecule has 2 aromatic rings. The molecule has 3 rings (SSSR count). The van der Waals surface area contributed by atoms with E-state index >= 15 is 0 Å². The summed E-state index contributed by atoms with van der Waals surface area (Å²) in [5, 5.41) is 1.38. The summed E-state index contributed by atoms with van der Waals surface area (Å²) in [6, 6.07) is 10.5.